The maximum Gasteiger partial charge on any atom is 0.0542 e. The highest BCUT2D eigenvalue weighted by atomic mass is 32.1. The van der Waals surface area contributed by atoms with E-state index in [-0.39, 0.29) is 0 Å². The second kappa shape index (κ2) is 5.65. The number of fused-ring (bicyclic) bond motifs is 7. The Morgan fingerprint density at radius 2 is 1.32 bits per heavy atom. The molecule has 5 heteroatoms. The molecule has 0 N–H and O–H groups in total. The minimum absolute atomic E-state index is 1.37. The molecule has 2 aromatic carbocycles. The predicted octanol–water partition coefficient (Wildman–Crippen LogP) is 9.74. The number of rotatable bonds is 1. The molecule has 134 valence electrons. The summed E-state index contributed by atoms with van der Waals surface area (Å²) in [4.78, 5) is 4.15. The number of hydrogen-bond acceptors (Lipinski definition) is 5. The molecule has 0 fully saturated rings. The van der Waals surface area contributed by atoms with E-state index in [2.05, 4.69) is 60.8 Å². The van der Waals surface area contributed by atoms with Gasteiger partial charge in [-0.15, -0.1) is 56.7 Å². The van der Waals surface area contributed by atoms with E-state index in [9.17, 15) is 0 Å². The number of aryl methyl sites for hydroxylation is 1. The third-order valence-electron chi connectivity index (χ3n) is 5.28. The van der Waals surface area contributed by atoms with E-state index in [0.717, 1.165) is 0 Å². The van der Waals surface area contributed by atoms with Crippen LogP contribution in [0.25, 0.3) is 59.5 Å². The standard InChI is InChI=1S/C23H12S5/c1-11-2-3-16(25-11)21-8-13-7-20-15(10-18(13)26-21)23-22(28-20)14-9-17-12(4-5-24-17)6-19(14)27-23/h2-10H,1H3. The second-order valence-corrected chi connectivity index (χ2v) is 12.5. The van der Waals surface area contributed by atoms with Crippen LogP contribution >= 0.6 is 56.7 Å². The van der Waals surface area contributed by atoms with Gasteiger partial charge in [-0.3, -0.25) is 0 Å². The molecule has 7 aromatic rings. The smallest absolute Gasteiger partial charge is 0.0542 e. The Morgan fingerprint density at radius 1 is 0.571 bits per heavy atom. The van der Waals surface area contributed by atoms with Gasteiger partial charge in [0.1, 0.15) is 0 Å². The Hall–Kier alpha value is -1.76. The maximum atomic E-state index is 2.43. The lowest BCUT2D eigenvalue weighted by molar-refractivity contribution is 1.64. The van der Waals surface area contributed by atoms with Gasteiger partial charge < -0.3 is 0 Å². The molecule has 5 aromatic heterocycles. The molecule has 0 saturated carbocycles. The quantitative estimate of drug-likeness (QED) is 0.234. The Morgan fingerprint density at radius 3 is 2.07 bits per heavy atom. The van der Waals surface area contributed by atoms with Crippen LogP contribution in [0, 0.1) is 6.92 Å². The lowest BCUT2D eigenvalue weighted by Gasteiger charge is -1.93. The average molecular weight is 449 g/mol. The molecule has 0 unspecified atom stereocenters. The summed E-state index contributed by atoms with van der Waals surface area (Å²) in [6, 6.07) is 18.7. The van der Waals surface area contributed by atoms with Gasteiger partial charge in [0.05, 0.1) is 9.40 Å². The van der Waals surface area contributed by atoms with E-state index in [0.29, 0.717) is 0 Å². The zero-order valence-electron chi connectivity index (χ0n) is 14.7. The van der Waals surface area contributed by atoms with Crippen LogP contribution in [0.2, 0.25) is 0 Å². The van der Waals surface area contributed by atoms with Crippen molar-refractivity contribution in [1.29, 1.82) is 0 Å². The summed E-state index contributed by atoms with van der Waals surface area (Å²) in [5, 5.41) is 7.78. The third-order valence-corrected chi connectivity index (χ3v) is 11.0. The minimum Gasteiger partial charge on any atom is -0.144 e. The number of hydrogen-bond donors (Lipinski definition) is 0. The van der Waals surface area contributed by atoms with E-state index in [1.54, 1.807) is 0 Å². The highest BCUT2D eigenvalue weighted by molar-refractivity contribution is 7.37. The number of benzene rings is 2. The van der Waals surface area contributed by atoms with Gasteiger partial charge in [0, 0.05) is 44.2 Å². The van der Waals surface area contributed by atoms with E-state index in [1.807, 2.05) is 56.7 Å². The van der Waals surface area contributed by atoms with Crippen molar-refractivity contribution in [2.24, 2.45) is 0 Å². The molecule has 0 radical (unpaired) electrons. The van der Waals surface area contributed by atoms with E-state index >= 15 is 0 Å². The summed E-state index contributed by atoms with van der Waals surface area (Å²) in [6.07, 6.45) is 0. The summed E-state index contributed by atoms with van der Waals surface area (Å²) in [6.45, 7) is 2.18. The highest BCUT2D eigenvalue weighted by Crippen LogP contribution is 2.48. The van der Waals surface area contributed by atoms with E-state index in [1.165, 1.54) is 64.4 Å². The van der Waals surface area contributed by atoms with Gasteiger partial charge in [-0.05, 0) is 71.6 Å². The topological polar surface area (TPSA) is 0 Å². The van der Waals surface area contributed by atoms with Gasteiger partial charge in [0.2, 0.25) is 0 Å². The maximum absolute atomic E-state index is 2.43. The molecule has 7 rings (SSSR count). The van der Waals surface area contributed by atoms with Crippen molar-refractivity contribution in [1.82, 2.24) is 0 Å². The van der Waals surface area contributed by atoms with Crippen LogP contribution in [0.5, 0.6) is 0 Å². The molecule has 0 nitrogen and oxygen atoms in total. The first-order valence-corrected chi connectivity index (χ1v) is 13.1. The van der Waals surface area contributed by atoms with Crippen molar-refractivity contribution in [2.75, 3.05) is 0 Å². The molecule has 0 saturated heterocycles. The molecule has 0 aliphatic carbocycles. The SMILES string of the molecule is Cc1ccc(-c2cc3cc4sc5c6cc7sccc7cc6sc5c4cc3s2)s1. The zero-order valence-corrected chi connectivity index (χ0v) is 18.8. The molecule has 0 aliphatic heterocycles. The molecule has 0 aliphatic rings. The van der Waals surface area contributed by atoms with Crippen LogP contribution in [0.15, 0.2) is 53.9 Å². The first kappa shape index (κ1) is 16.1. The van der Waals surface area contributed by atoms with Crippen molar-refractivity contribution in [3.05, 3.63) is 58.8 Å². The van der Waals surface area contributed by atoms with Crippen molar-refractivity contribution >= 4 is 106 Å². The normalized spacial score (nSPS) is 12.5. The average Bonchev–Trinajstić information content (AvgIpc) is 3.46. The van der Waals surface area contributed by atoms with Crippen LogP contribution in [0.1, 0.15) is 4.88 Å². The van der Waals surface area contributed by atoms with Crippen LogP contribution < -0.4 is 0 Å². The van der Waals surface area contributed by atoms with Crippen molar-refractivity contribution in [3.63, 3.8) is 0 Å². The fourth-order valence-electron chi connectivity index (χ4n) is 3.93. The van der Waals surface area contributed by atoms with Crippen molar-refractivity contribution in [3.8, 4) is 9.75 Å². The molecular formula is C23H12S5. The van der Waals surface area contributed by atoms with E-state index in [4.69, 9.17) is 0 Å². The highest BCUT2D eigenvalue weighted by Gasteiger charge is 2.15. The first-order valence-electron chi connectivity index (χ1n) is 8.99. The van der Waals surface area contributed by atoms with Crippen LogP contribution in [-0.4, -0.2) is 0 Å². The fourth-order valence-corrected chi connectivity index (χ4v) is 9.47. The number of thiophene rings is 5. The predicted molar refractivity (Wildman–Crippen MR) is 134 cm³/mol. The van der Waals surface area contributed by atoms with E-state index < -0.39 is 0 Å². The Labute approximate surface area is 180 Å². The zero-order chi connectivity index (χ0) is 18.4. The molecule has 0 amide bonds. The molecular weight excluding hydrogens is 437 g/mol. The molecule has 0 spiro atoms. The van der Waals surface area contributed by atoms with Crippen molar-refractivity contribution < 1.29 is 0 Å². The summed E-state index contributed by atoms with van der Waals surface area (Å²) in [5.41, 5.74) is 0. The first-order chi connectivity index (χ1) is 13.7. The third kappa shape index (κ3) is 2.19. The summed E-state index contributed by atoms with van der Waals surface area (Å²) in [7, 11) is 0. The molecule has 28 heavy (non-hydrogen) atoms. The Bertz CT molecular complexity index is 1680. The molecule has 0 bridgehead atoms. The lowest BCUT2D eigenvalue weighted by atomic mass is 10.2. The fraction of sp³-hybridized carbons (Fsp3) is 0.0435. The van der Waals surface area contributed by atoms with Gasteiger partial charge in [-0.1, -0.05) is 0 Å². The van der Waals surface area contributed by atoms with Gasteiger partial charge >= 0.3 is 0 Å². The minimum atomic E-state index is 1.37. The Kier molecular flexibility index (Phi) is 3.24. The van der Waals surface area contributed by atoms with Gasteiger partial charge in [-0.2, -0.15) is 0 Å². The summed E-state index contributed by atoms with van der Waals surface area (Å²) >= 11 is 9.55. The van der Waals surface area contributed by atoms with Gasteiger partial charge in [-0.25, -0.2) is 0 Å². The van der Waals surface area contributed by atoms with Gasteiger partial charge in [0.25, 0.3) is 0 Å². The molecule has 0 atom stereocenters. The largest absolute Gasteiger partial charge is 0.144 e. The summed E-state index contributed by atoms with van der Waals surface area (Å²) in [5.74, 6) is 0. The van der Waals surface area contributed by atoms with Crippen molar-refractivity contribution in [2.45, 2.75) is 6.92 Å². The summed E-state index contributed by atoms with van der Waals surface area (Å²) < 4.78 is 8.52. The Balaban J connectivity index is 1.52. The van der Waals surface area contributed by atoms with Crippen LogP contribution in [-0.2, 0) is 0 Å². The van der Waals surface area contributed by atoms with Gasteiger partial charge in [0.15, 0.2) is 0 Å². The second-order valence-electron chi connectivity index (χ2n) is 7.08. The lowest BCUT2D eigenvalue weighted by Crippen LogP contribution is -1.64. The van der Waals surface area contributed by atoms with Crippen LogP contribution in [0.3, 0.4) is 0 Å². The van der Waals surface area contributed by atoms with Crippen LogP contribution in [0.4, 0.5) is 0 Å². The monoisotopic (exact) mass is 448 g/mol. The molecule has 5 heterocycles.